The van der Waals surface area contributed by atoms with Crippen LogP contribution >= 0.6 is 24.0 Å². The maximum absolute atomic E-state index is 13.7. The first-order valence-corrected chi connectivity index (χ1v) is 13.6. The molecule has 4 heterocycles. The van der Waals surface area contributed by atoms with Crippen molar-refractivity contribution in [3.8, 4) is 0 Å². The van der Waals surface area contributed by atoms with Crippen molar-refractivity contribution in [1.82, 2.24) is 19.2 Å². The SMILES string of the molecule is Cc1ccc2nc(N3CCN(CCO)CC3)c(C=C3SC(=S)N(CCCCCC(=O)O)C3=O)c(=O)n2c1. The predicted octanol–water partition coefficient (Wildman–Crippen LogP) is 1.96. The van der Waals surface area contributed by atoms with Gasteiger partial charge in [-0.2, -0.15) is 0 Å². The number of rotatable bonds is 10. The van der Waals surface area contributed by atoms with Gasteiger partial charge < -0.3 is 15.1 Å². The minimum atomic E-state index is -0.829. The van der Waals surface area contributed by atoms with Crippen LogP contribution < -0.4 is 10.5 Å². The van der Waals surface area contributed by atoms with E-state index in [1.165, 1.54) is 21.1 Å². The van der Waals surface area contributed by atoms with E-state index in [0.29, 0.717) is 71.7 Å². The van der Waals surface area contributed by atoms with Crippen molar-refractivity contribution < 1.29 is 19.8 Å². The number of anilines is 1. The number of hydrogen-bond acceptors (Lipinski definition) is 9. The minimum absolute atomic E-state index is 0.0988. The zero-order valence-corrected chi connectivity index (χ0v) is 22.4. The second-order valence-corrected chi connectivity index (χ2v) is 10.9. The molecule has 2 saturated heterocycles. The maximum Gasteiger partial charge on any atom is 0.303 e. The van der Waals surface area contributed by atoms with Gasteiger partial charge >= 0.3 is 5.97 Å². The quantitative estimate of drug-likeness (QED) is 0.261. The van der Waals surface area contributed by atoms with E-state index in [-0.39, 0.29) is 24.5 Å². The molecule has 0 spiro atoms. The summed E-state index contributed by atoms with van der Waals surface area (Å²) < 4.78 is 1.94. The van der Waals surface area contributed by atoms with Crippen molar-refractivity contribution >= 4 is 57.7 Å². The molecule has 2 aromatic heterocycles. The number of carboxylic acid groups (broad SMARTS) is 1. The Morgan fingerprint density at radius 2 is 1.89 bits per heavy atom. The van der Waals surface area contributed by atoms with Gasteiger partial charge in [-0.15, -0.1) is 0 Å². The monoisotopic (exact) mass is 545 g/mol. The van der Waals surface area contributed by atoms with E-state index in [2.05, 4.69) is 9.80 Å². The van der Waals surface area contributed by atoms with Gasteiger partial charge in [0.25, 0.3) is 11.5 Å². The van der Waals surface area contributed by atoms with Gasteiger partial charge in [-0.25, -0.2) is 4.98 Å². The van der Waals surface area contributed by atoms with Crippen molar-refractivity contribution in [1.29, 1.82) is 0 Å². The minimum Gasteiger partial charge on any atom is -0.481 e. The molecule has 10 nitrogen and oxygen atoms in total. The molecule has 0 aromatic carbocycles. The normalized spacial score (nSPS) is 17.9. The van der Waals surface area contributed by atoms with Gasteiger partial charge in [0.05, 0.1) is 17.1 Å². The largest absolute Gasteiger partial charge is 0.481 e. The van der Waals surface area contributed by atoms with Crippen molar-refractivity contribution in [3.05, 3.63) is 44.7 Å². The number of hydrogen-bond donors (Lipinski definition) is 2. The number of amides is 1. The number of carboxylic acids is 1. The number of carbonyl (C=O) groups excluding carboxylic acids is 1. The Kier molecular flexibility index (Phi) is 8.95. The molecule has 0 saturated carbocycles. The molecular weight excluding hydrogens is 514 g/mol. The fraction of sp³-hybridized carbons (Fsp3) is 0.480. The molecule has 12 heteroatoms. The molecular formula is C25H31N5O5S2. The van der Waals surface area contributed by atoms with E-state index in [4.69, 9.17) is 22.3 Å². The Bertz CT molecular complexity index is 1290. The second kappa shape index (κ2) is 12.2. The average Bonchev–Trinajstić information content (AvgIpc) is 3.13. The molecule has 2 aliphatic rings. The van der Waals surface area contributed by atoms with Crippen LogP contribution in [0.1, 0.15) is 36.8 Å². The number of aliphatic hydroxyl groups excluding tert-OH is 1. The van der Waals surface area contributed by atoms with Crippen LogP contribution in [0.25, 0.3) is 11.7 Å². The summed E-state index contributed by atoms with van der Waals surface area (Å²) in [7, 11) is 0. The molecule has 0 radical (unpaired) electrons. The fourth-order valence-corrected chi connectivity index (χ4v) is 5.78. The molecule has 4 rings (SSSR count). The highest BCUT2D eigenvalue weighted by atomic mass is 32.2. The number of thioether (sulfide) groups is 1. The lowest BCUT2D eigenvalue weighted by molar-refractivity contribution is -0.137. The molecule has 198 valence electrons. The third-order valence-corrected chi connectivity index (χ3v) is 7.87. The first-order chi connectivity index (χ1) is 17.8. The molecule has 1 amide bonds. The number of aryl methyl sites for hydroxylation is 1. The third-order valence-electron chi connectivity index (χ3n) is 6.49. The number of aliphatic carboxylic acids is 1. The Labute approximate surface area is 224 Å². The lowest BCUT2D eigenvalue weighted by atomic mass is 10.2. The molecule has 2 aromatic rings. The zero-order valence-electron chi connectivity index (χ0n) is 20.8. The number of aliphatic hydroxyl groups is 1. The van der Waals surface area contributed by atoms with Crippen molar-refractivity contribution in [2.45, 2.75) is 32.6 Å². The summed E-state index contributed by atoms with van der Waals surface area (Å²) in [4.78, 5) is 48.5. The average molecular weight is 546 g/mol. The number of thiocarbonyl (C=S) groups is 1. The topological polar surface area (TPSA) is 119 Å². The molecule has 2 fully saturated rings. The van der Waals surface area contributed by atoms with Crippen molar-refractivity contribution in [2.24, 2.45) is 0 Å². The van der Waals surface area contributed by atoms with Crippen LogP contribution in [0.5, 0.6) is 0 Å². The summed E-state index contributed by atoms with van der Waals surface area (Å²) in [6, 6.07) is 3.72. The molecule has 2 N–H and O–H groups in total. The second-order valence-electron chi connectivity index (χ2n) is 9.18. The summed E-state index contributed by atoms with van der Waals surface area (Å²) in [6.45, 7) is 5.78. The summed E-state index contributed by atoms with van der Waals surface area (Å²) in [5.74, 6) is -0.540. The number of unbranched alkanes of at least 4 members (excludes halogenated alkanes) is 2. The molecule has 0 aliphatic carbocycles. The van der Waals surface area contributed by atoms with Gasteiger partial charge in [0.2, 0.25) is 0 Å². The Balaban J connectivity index is 1.62. The Morgan fingerprint density at radius 3 is 2.59 bits per heavy atom. The number of pyridine rings is 1. The summed E-state index contributed by atoms with van der Waals surface area (Å²) in [5.41, 5.74) is 1.55. The van der Waals surface area contributed by atoms with Gasteiger partial charge in [-0.05, 0) is 37.5 Å². The van der Waals surface area contributed by atoms with E-state index >= 15 is 0 Å². The van der Waals surface area contributed by atoms with Gasteiger partial charge in [0.1, 0.15) is 15.8 Å². The molecule has 0 unspecified atom stereocenters. The highest BCUT2D eigenvalue weighted by Gasteiger charge is 2.33. The summed E-state index contributed by atoms with van der Waals surface area (Å²) in [5, 5.41) is 18.1. The highest BCUT2D eigenvalue weighted by Crippen LogP contribution is 2.34. The summed E-state index contributed by atoms with van der Waals surface area (Å²) >= 11 is 6.62. The molecule has 0 atom stereocenters. The number of fused-ring (bicyclic) bond motifs is 1. The van der Waals surface area contributed by atoms with Crippen LogP contribution in [0.2, 0.25) is 0 Å². The van der Waals surface area contributed by atoms with E-state index in [1.807, 2.05) is 19.1 Å². The number of carbonyl (C=O) groups is 2. The fourth-order valence-electron chi connectivity index (χ4n) is 4.49. The van der Waals surface area contributed by atoms with Gasteiger partial charge in [0.15, 0.2) is 0 Å². The number of β-amino-alcohol motifs (C(OH)–C–C–N with tert-alkyl or cyclic N) is 1. The molecule has 0 bridgehead atoms. The lowest BCUT2D eigenvalue weighted by Crippen LogP contribution is -2.48. The van der Waals surface area contributed by atoms with Gasteiger partial charge in [0, 0.05) is 51.9 Å². The zero-order chi connectivity index (χ0) is 26.5. The Hall–Kier alpha value is -2.80. The first-order valence-electron chi connectivity index (χ1n) is 12.4. The number of piperazine rings is 1. The van der Waals surface area contributed by atoms with Crippen LogP contribution in [0.15, 0.2) is 28.0 Å². The van der Waals surface area contributed by atoms with E-state index < -0.39 is 5.97 Å². The smallest absolute Gasteiger partial charge is 0.303 e. The number of nitrogens with zero attached hydrogens (tertiary/aromatic N) is 5. The van der Waals surface area contributed by atoms with E-state index in [1.54, 1.807) is 12.3 Å². The van der Waals surface area contributed by atoms with Crippen molar-refractivity contribution in [3.63, 3.8) is 0 Å². The van der Waals surface area contributed by atoms with Crippen LogP contribution in [0.3, 0.4) is 0 Å². The molecule has 37 heavy (non-hydrogen) atoms. The van der Waals surface area contributed by atoms with Crippen LogP contribution in [-0.2, 0) is 9.59 Å². The van der Waals surface area contributed by atoms with Gasteiger partial charge in [-0.1, -0.05) is 36.5 Å². The standard InChI is InChI=1S/C25H31N5O5S2/c1-17-6-7-20-26-22(28-11-9-27(10-12-28)13-14-31)18(23(34)30(20)16-17)15-19-24(35)29(25(36)37-19)8-4-2-3-5-21(32)33/h6-7,15-16,31H,2-5,8-14H2,1H3,(H,32,33). The molecule has 2 aliphatic heterocycles. The van der Waals surface area contributed by atoms with Gasteiger partial charge in [-0.3, -0.25) is 28.6 Å². The first kappa shape index (κ1) is 27.2. The van der Waals surface area contributed by atoms with Crippen LogP contribution in [0.4, 0.5) is 5.82 Å². The third kappa shape index (κ3) is 6.38. The number of aromatic nitrogens is 2. The summed E-state index contributed by atoms with van der Waals surface area (Å²) in [6.07, 6.45) is 5.35. The van der Waals surface area contributed by atoms with Crippen LogP contribution in [-0.4, -0.2) is 91.5 Å². The lowest BCUT2D eigenvalue weighted by Gasteiger charge is -2.35. The highest BCUT2D eigenvalue weighted by molar-refractivity contribution is 8.26. The van der Waals surface area contributed by atoms with E-state index in [0.717, 1.165) is 18.7 Å². The maximum atomic E-state index is 13.7. The van der Waals surface area contributed by atoms with E-state index in [9.17, 15) is 19.5 Å². The predicted molar refractivity (Wildman–Crippen MR) is 148 cm³/mol. The van der Waals surface area contributed by atoms with Crippen LogP contribution in [0, 0.1) is 6.92 Å². The Morgan fingerprint density at radius 1 is 1.14 bits per heavy atom. The van der Waals surface area contributed by atoms with Crippen molar-refractivity contribution in [2.75, 3.05) is 50.8 Å².